The van der Waals surface area contributed by atoms with Crippen LogP contribution in [0.2, 0.25) is 0 Å². The van der Waals surface area contributed by atoms with Crippen LogP contribution in [-0.4, -0.2) is 23.6 Å². The van der Waals surface area contributed by atoms with Crippen LogP contribution in [0.5, 0.6) is 0 Å². The Balaban J connectivity index is 1.66. The molecular weight excluding hydrogens is 412 g/mol. The minimum Gasteiger partial charge on any atom is -0.269 e. The van der Waals surface area contributed by atoms with Crippen molar-refractivity contribution in [3.8, 4) is 21.6 Å². The fourth-order valence-electron chi connectivity index (χ4n) is 3.76. The zero-order valence-electron chi connectivity index (χ0n) is 16.0. The molecule has 150 valence electrons. The number of nitrogens with zero attached hydrogens (tertiary/aromatic N) is 2. The first kappa shape index (κ1) is 18.9. The van der Waals surface area contributed by atoms with Crippen LogP contribution in [-0.2, 0) is 19.2 Å². The smallest absolute Gasteiger partial charge is 0.258 e. The van der Waals surface area contributed by atoms with E-state index in [2.05, 4.69) is 0 Å². The molecule has 0 spiro atoms. The van der Waals surface area contributed by atoms with E-state index in [1.807, 2.05) is 35.7 Å². The van der Waals surface area contributed by atoms with Gasteiger partial charge in [0.1, 0.15) is 0 Å². The largest absolute Gasteiger partial charge is 0.269 e. The predicted molar refractivity (Wildman–Crippen MR) is 118 cm³/mol. The lowest BCUT2D eigenvalue weighted by Gasteiger charge is -2.20. The molecule has 4 amide bonds. The minimum absolute atomic E-state index is 0.393. The van der Waals surface area contributed by atoms with E-state index >= 15 is 0 Å². The van der Waals surface area contributed by atoms with Crippen molar-refractivity contribution >= 4 is 46.3 Å². The maximum atomic E-state index is 12.3. The Morgan fingerprint density at radius 3 is 1.52 bits per heavy atom. The Morgan fingerprint density at radius 2 is 0.968 bits per heavy atom. The highest BCUT2D eigenvalue weighted by atomic mass is 32.1. The number of para-hydroxylation sites is 2. The maximum Gasteiger partial charge on any atom is 0.258 e. The molecule has 0 bridgehead atoms. The van der Waals surface area contributed by atoms with E-state index in [1.54, 1.807) is 24.3 Å². The average molecular weight is 426 g/mol. The van der Waals surface area contributed by atoms with Crippen molar-refractivity contribution in [1.82, 2.24) is 0 Å². The van der Waals surface area contributed by atoms with Gasteiger partial charge in [-0.25, -0.2) is 9.80 Å². The van der Waals surface area contributed by atoms with Crippen molar-refractivity contribution < 1.29 is 19.2 Å². The van der Waals surface area contributed by atoms with E-state index < -0.39 is 23.6 Å². The minimum atomic E-state index is -0.394. The summed E-state index contributed by atoms with van der Waals surface area (Å²) in [6.45, 7) is 0. The van der Waals surface area contributed by atoms with Gasteiger partial charge in [0.05, 0.1) is 11.4 Å². The molecule has 0 N–H and O–H groups in total. The fraction of sp³-hybridized carbons (Fsp3) is 0. The van der Waals surface area contributed by atoms with Crippen LogP contribution in [0.25, 0.3) is 21.6 Å². The number of carbonyl (C=O) groups is 4. The number of anilines is 2. The van der Waals surface area contributed by atoms with Gasteiger partial charge >= 0.3 is 0 Å². The Labute approximate surface area is 181 Å². The molecule has 2 aromatic carbocycles. The lowest BCUT2D eigenvalue weighted by atomic mass is 9.99. The molecule has 6 nitrogen and oxygen atoms in total. The maximum absolute atomic E-state index is 12.3. The normalized spacial score (nSPS) is 15.6. The van der Waals surface area contributed by atoms with Gasteiger partial charge in [0.15, 0.2) is 0 Å². The van der Waals surface area contributed by atoms with Crippen molar-refractivity contribution in [3.63, 3.8) is 0 Å². The number of carbonyl (C=O) groups excluding carboxylic acids is 4. The van der Waals surface area contributed by atoms with E-state index in [9.17, 15) is 19.2 Å². The molecule has 2 aliphatic heterocycles. The first-order valence-electron chi connectivity index (χ1n) is 9.45. The van der Waals surface area contributed by atoms with Gasteiger partial charge in [0.25, 0.3) is 23.6 Å². The Kier molecular flexibility index (Phi) is 4.45. The van der Waals surface area contributed by atoms with Gasteiger partial charge in [-0.05, 0) is 23.6 Å². The topological polar surface area (TPSA) is 74.8 Å². The molecule has 5 rings (SSSR count). The second-order valence-electron chi connectivity index (χ2n) is 6.89. The fourth-order valence-corrected chi connectivity index (χ4v) is 4.71. The highest BCUT2D eigenvalue weighted by Gasteiger charge is 2.30. The molecule has 0 atom stereocenters. The Hall–Kier alpha value is -4.10. The zero-order chi connectivity index (χ0) is 21.5. The standard InChI is InChI=1S/C24H14N2O4S/c27-20-9-10-21(28)25(20)18-7-3-1-5-15(18)16-13-14-31-24(16)17-6-2-4-8-19(17)26-22(29)11-12-23(26)30/h1-14H. The van der Waals surface area contributed by atoms with E-state index in [1.165, 1.54) is 35.6 Å². The second-order valence-corrected chi connectivity index (χ2v) is 7.80. The lowest BCUT2D eigenvalue weighted by Crippen LogP contribution is -2.30. The van der Waals surface area contributed by atoms with Gasteiger partial charge in [0, 0.05) is 45.9 Å². The molecule has 0 saturated heterocycles. The van der Waals surface area contributed by atoms with Crippen LogP contribution in [0.4, 0.5) is 11.4 Å². The number of imide groups is 2. The summed E-state index contributed by atoms with van der Waals surface area (Å²) in [7, 11) is 0. The number of rotatable bonds is 4. The van der Waals surface area contributed by atoms with Crippen LogP contribution in [0.3, 0.4) is 0 Å². The molecule has 0 fully saturated rings. The number of hydrogen-bond acceptors (Lipinski definition) is 5. The van der Waals surface area contributed by atoms with Crippen molar-refractivity contribution in [2.24, 2.45) is 0 Å². The monoisotopic (exact) mass is 426 g/mol. The van der Waals surface area contributed by atoms with Gasteiger partial charge in [-0.15, -0.1) is 11.3 Å². The first-order valence-corrected chi connectivity index (χ1v) is 10.3. The summed E-state index contributed by atoms with van der Waals surface area (Å²) in [4.78, 5) is 52.3. The molecule has 3 heterocycles. The second kappa shape index (κ2) is 7.30. The van der Waals surface area contributed by atoms with Gasteiger partial charge in [-0.1, -0.05) is 36.4 Å². The third-order valence-corrected chi connectivity index (χ3v) is 6.06. The summed E-state index contributed by atoms with van der Waals surface area (Å²) in [6, 6.07) is 16.3. The molecule has 1 aromatic heterocycles. The third-order valence-electron chi connectivity index (χ3n) is 5.11. The van der Waals surface area contributed by atoms with Gasteiger partial charge < -0.3 is 0 Å². The van der Waals surface area contributed by atoms with E-state index in [4.69, 9.17) is 0 Å². The molecule has 3 aromatic rings. The van der Waals surface area contributed by atoms with Crippen molar-refractivity contribution in [2.75, 3.05) is 9.80 Å². The molecular formula is C24H14N2O4S. The number of thiophene rings is 1. The quantitative estimate of drug-likeness (QED) is 0.593. The average Bonchev–Trinajstić information content (AvgIpc) is 3.47. The van der Waals surface area contributed by atoms with Gasteiger partial charge in [-0.2, -0.15) is 0 Å². The van der Waals surface area contributed by atoms with E-state index in [-0.39, 0.29) is 0 Å². The third kappa shape index (κ3) is 3.03. The summed E-state index contributed by atoms with van der Waals surface area (Å²) >= 11 is 1.45. The summed E-state index contributed by atoms with van der Waals surface area (Å²) in [6.07, 6.45) is 5.00. The lowest BCUT2D eigenvalue weighted by molar-refractivity contribution is -0.121. The van der Waals surface area contributed by atoms with Crippen LogP contribution in [0.1, 0.15) is 0 Å². The SMILES string of the molecule is O=C1C=CC(=O)N1c1ccccc1-c1ccsc1-c1ccccc1N1C(=O)C=CC1=O. The summed E-state index contributed by atoms with van der Waals surface area (Å²) in [5.41, 5.74) is 3.18. The summed E-state index contributed by atoms with van der Waals surface area (Å²) < 4.78 is 0. The van der Waals surface area contributed by atoms with Gasteiger partial charge in [-0.3, -0.25) is 19.2 Å². The molecule has 0 aliphatic carbocycles. The zero-order valence-corrected chi connectivity index (χ0v) is 16.8. The molecule has 0 radical (unpaired) electrons. The van der Waals surface area contributed by atoms with Gasteiger partial charge in [0.2, 0.25) is 0 Å². The highest BCUT2D eigenvalue weighted by molar-refractivity contribution is 7.14. The van der Waals surface area contributed by atoms with Crippen LogP contribution >= 0.6 is 11.3 Å². The number of hydrogen-bond donors (Lipinski definition) is 0. The molecule has 0 unspecified atom stereocenters. The summed E-state index contributed by atoms with van der Waals surface area (Å²) in [5.74, 6) is -1.58. The predicted octanol–water partition coefficient (Wildman–Crippen LogP) is 3.94. The molecule has 31 heavy (non-hydrogen) atoms. The number of amides is 4. The number of benzene rings is 2. The summed E-state index contributed by atoms with van der Waals surface area (Å²) in [5, 5.41) is 1.90. The van der Waals surface area contributed by atoms with Crippen LogP contribution < -0.4 is 9.80 Å². The van der Waals surface area contributed by atoms with Crippen molar-refractivity contribution in [3.05, 3.63) is 84.3 Å². The van der Waals surface area contributed by atoms with Crippen molar-refractivity contribution in [2.45, 2.75) is 0 Å². The molecule has 2 aliphatic rings. The Morgan fingerprint density at radius 1 is 0.516 bits per heavy atom. The Bertz CT molecular complexity index is 1200. The van der Waals surface area contributed by atoms with Crippen LogP contribution in [0.15, 0.2) is 84.3 Å². The highest BCUT2D eigenvalue weighted by Crippen LogP contribution is 2.44. The van der Waals surface area contributed by atoms with Crippen LogP contribution in [0, 0.1) is 0 Å². The molecule has 7 heteroatoms. The first-order chi connectivity index (χ1) is 15.1. The van der Waals surface area contributed by atoms with E-state index in [0.29, 0.717) is 22.5 Å². The molecule has 0 saturated carbocycles. The van der Waals surface area contributed by atoms with Crippen molar-refractivity contribution in [1.29, 1.82) is 0 Å². The van der Waals surface area contributed by atoms with E-state index in [0.717, 1.165) is 20.2 Å².